The van der Waals surface area contributed by atoms with Crippen LogP contribution in [0, 0.1) is 0 Å². The second-order valence-electron chi connectivity index (χ2n) is 3.82. The lowest BCUT2D eigenvalue weighted by molar-refractivity contribution is -0.135. The van der Waals surface area contributed by atoms with Crippen molar-refractivity contribution in [3.05, 3.63) is 30.5 Å². The molecule has 0 fully saturated rings. The Labute approximate surface area is 98.5 Å². The molecule has 1 aromatic carbocycles. The van der Waals surface area contributed by atoms with Gasteiger partial charge in [0.1, 0.15) is 6.54 Å². The monoisotopic (exact) mass is 231 g/mol. The van der Waals surface area contributed by atoms with Crippen LogP contribution in [-0.4, -0.2) is 29.7 Å². The van der Waals surface area contributed by atoms with Gasteiger partial charge < -0.3 is 15.7 Å². The number of hydrogen-bond donors (Lipinski definition) is 2. The van der Waals surface area contributed by atoms with Crippen LogP contribution in [0.3, 0.4) is 0 Å². The number of aromatic nitrogens is 1. The van der Waals surface area contributed by atoms with Crippen molar-refractivity contribution in [1.82, 2.24) is 4.98 Å². The first-order valence-corrected chi connectivity index (χ1v) is 5.15. The largest absolute Gasteiger partial charge is 0.480 e. The van der Waals surface area contributed by atoms with Gasteiger partial charge in [0.05, 0.1) is 11.2 Å². The fourth-order valence-corrected chi connectivity index (χ4v) is 1.78. The molecule has 1 heterocycles. The van der Waals surface area contributed by atoms with Crippen molar-refractivity contribution in [2.45, 2.75) is 0 Å². The number of carboxylic acid groups (broad SMARTS) is 1. The summed E-state index contributed by atoms with van der Waals surface area (Å²) in [6, 6.07) is 7.22. The minimum atomic E-state index is -0.881. The minimum Gasteiger partial charge on any atom is -0.480 e. The summed E-state index contributed by atoms with van der Waals surface area (Å²) in [5.74, 6) is -0.881. The molecular weight excluding hydrogens is 218 g/mol. The zero-order valence-electron chi connectivity index (χ0n) is 9.42. The number of pyridine rings is 1. The van der Waals surface area contributed by atoms with E-state index in [0.717, 1.165) is 16.6 Å². The Kier molecular flexibility index (Phi) is 2.82. The molecular formula is C12H13N3O2. The van der Waals surface area contributed by atoms with Crippen molar-refractivity contribution < 1.29 is 9.90 Å². The van der Waals surface area contributed by atoms with E-state index in [-0.39, 0.29) is 6.54 Å². The van der Waals surface area contributed by atoms with Crippen LogP contribution in [0.1, 0.15) is 0 Å². The van der Waals surface area contributed by atoms with Gasteiger partial charge in [-0.2, -0.15) is 0 Å². The Morgan fingerprint density at radius 2 is 2.24 bits per heavy atom. The summed E-state index contributed by atoms with van der Waals surface area (Å²) in [5.41, 5.74) is 7.97. The van der Waals surface area contributed by atoms with E-state index in [4.69, 9.17) is 10.8 Å². The van der Waals surface area contributed by atoms with Gasteiger partial charge in [-0.15, -0.1) is 0 Å². The lowest BCUT2D eigenvalue weighted by Crippen LogP contribution is -2.25. The van der Waals surface area contributed by atoms with Gasteiger partial charge in [0.25, 0.3) is 0 Å². The number of carbonyl (C=O) groups is 1. The Morgan fingerprint density at radius 3 is 2.94 bits per heavy atom. The second-order valence-corrected chi connectivity index (χ2v) is 3.82. The van der Waals surface area contributed by atoms with Gasteiger partial charge in [0.2, 0.25) is 0 Å². The van der Waals surface area contributed by atoms with Crippen LogP contribution in [0.15, 0.2) is 30.5 Å². The summed E-state index contributed by atoms with van der Waals surface area (Å²) >= 11 is 0. The van der Waals surface area contributed by atoms with Crippen molar-refractivity contribution in [2.75, 3.05) is 24.2 Å². The first kappa shape index (κ1) is 11.2. The number of anilines is 2. The quantitative estimate of drug-likeness (QED) is 0.779. The van der Waals surface area contributed by atoms with E-state index in [9.17, 15) is 4.79 Å². The molecule has 5 heteroatoms. The SMILES string of the molecule is CN(CC(=O)O)c1ccc(N)c2cccnc12. The Balaban J connectivity index is 2.55. The van der Waals surface area contributed by atoms with Gasteiger partial charge in [-0.3, -0.25) is 9.78 Å². The van der Waals surface area contributed by atoms with Crippen LogP contribution in [0.2, 0.25) is 0 Å². The zero-order chi connectivity index (χ0) is 12.4. The third-order valence-electron chi connectivity index (χ3n) is 2.57. The van der Waals surface area contributed by atoms with Crippen LogP contribution < -0.4 is 10.6 Å². The number of nitrogens with zero attached hydrogens (tertiary/aromatic N) is 2. The molecule has 17 heavy (non-hydrogen) atoms. The maximum absolute atomic E-state index is 10.7. The Morgan fingerprint density at radius 1 is 1.47 bits per heavy atom. The number of nitrogens with two attached hydrogens (primary N) is 1. The first-order valence-electron chi connectivity index (χ1n) is 5.15. The zero-order valence-corrected chi connectivity index (χ0v) is 9.42. The molecule has 0 atom stereocenters. The van der Waals surface area contributed by atoms with Gasteiger partial charge in [-0.25, -0.2) is 0 Å². The van der Waals surface area contributed by atoms with Gasteiger partial charge in [0, 0.05) is 24.3 Å². The second kappa shape index (κ2) is 4.29. The van der Waals surface area contributed by atoms with E-state index in [1.165, 1.54) is 0 Å². The smallest absolute Gasteiger partial charge is 0.323 e. The molecule has 0 aliphatic rings. The average Bonchev–Trinajstić information content (AvgIpc) is 2.29. The van der Waals surface area contributed by atoms with Gasteiger partial charge >= 0.3 is 5.97 Å². The van der Waals surface area contributed by atoms with Crippen molar-refractivity contribution in [3.8, 4) is 0 Å². The number of carboxylic acids is 1. The molecule has 0 saturated heterocycles. The molecule has 0 radical (unpaired) electrons. The lowest BCUT2D eigenvalue weighted by Gasteiger charge is -2.18. The first-order chi connectivity index (χ1) is 8.09. The molecule has 0 amide bonds. The normalized spacial score (nSPS) is 10.4. The average molecular weight is 231 g/mol. The van der Waals surface area contributed by atoms with Gasteiger partial charge in [0.15, 0.2) is 0 Å². The number of aliphatic carboxylic acids is 1. The third kappa shape index (κ3) is 2.13. The van der Waals surface area contributed by atoms with E-state index in [2.05, 4.69) is 4.98 Å². The highest BCUT2D eigenvalue weighted by molar-refractivity contribution is 5.99. The maximum atomic E-state index is 10.7. The number of fused-ring (bicyclic) bond motifs is 1. The molecule has 2 rings (SSSR count). The van der Waals surface area contributed by atoms with Crippen LogP contribution >= 0.6 is 0 Å². The van der Waals surface area contributed by atoms with E-state index in [1.807, 2.05) is 6.07 Å². The van der Waals surface area contributed by atoms with Crippen LogP contribution in [0.25, 0.3) is 10.9 Å². The molecule has 0 aliphatic heterocycles. The molecule has 0 bridgehead atoms. The predicted molar refractivity (Wildman–Crippen MR) is 67.1 cm³/mol. The highest BCUT2D eigenvalue weighted by atomic mass is 16.4. The number of rotatable bonds is 3. The molecule has 1 aromatic heterocycles. The van der Waals surface area contributed by atoms with E-state index in [1.54, 1.807) is 36.3 Å². The Hall–Kier alpha value is -2.30. The van der Waals surface area contributed by atoms with Gasteiger partial charge in [-0.05, 0) is 24.3 Å². The summed E-state index contributed by atoms with van der Waals surface area (Å²) < 4.78 is 0. The fraction of sp³-hybridized carbons (Fsp3) is 0.167. The molecule has 0 saturated carbocycles. The summed E-state index contributed by atoms with van der Waals surface area (Å²) in [5, 5.41) is 9.62. The van der Waals surface area contributed by atoms with Crippen LogP contribution in [-0.2, 0) is 4.79 Å². The number of likely N-dealkylation sites (N-methyl/N-ethyl adjacent to an activating group) is 1. The molecule has 5 nitrogen and oxygen atoms in total. The standard InChI is InChI=1S/C12H13N3O2/c1-15(7-11(16)17)10-5-4-9(13)8-3-2-6-14-12(8)10/h2-6H,7,13H2,1H3,(H,16,17). The summed E-state index contributed by atoms with van der Waals surface area (Å²) in [6.45, 7) is -0.0738. The topological polar surface area (TPSA) is 79.5 Å². The predicted octanol–water partition coefficient (Wildman–Crippen LogP) is 1.34. The molecule has 2 aromatic rings. The van der Waals surface area contributed by atoms with E-state index < -0.39 is 5.97 Å². The number of benzene rings is 1. The van der Waals surface area contributed by atoms with Crippen molar-refractivity contribution in [1.29, 1.82) is 0 Å². The summed E-state index contributed by atoms with van der Waals surface area (Å²) in [4.78, 5) is 16.6. The molecule has 0 aliphatic carbocycles. The number of hydrogen-bond acceptors (Lipinski definition) is 4. The van der Waals surface area contributed by atoms with Crippen LogP contribution in [0.5, 0.6) is 0 Å². The molecule has 88 valence electrons. The van der Waals surface area contributed by atoms with E-state index in [0.29, 0.717) is 5.69 Å². The molecule has 3 N–H and O–H groups in total. The number of nitrogen functional groups attached to an aromatic ring is 1. The molecule has 0 unspecified atom stereocenters. The van der Waals surface area contributed by atoms with Crippen LogP contribution in [0.4, 0.5) is 11.4 Å². The van der Waals surface area contributed by atoms with Crippen molar-refractivity contribution in [3.63, 3.8) is 0 Å². The van der Waals surface area contributed by atoms with Gasteiger partial charge in [-0.1, -0.05) is 0 Å². The fourth-order valence-electron chi connectivity index (χ4n) is 1.78. The summed E-state index contributed by atoms with van der Waals surface area (Å²) in [7, 11) is 1.72. The van der Waals surface area contributed by atoms with Crippen molar-refractivity contribution >= 4 is 28.2 Å². The Bertz CT molecular complexity index is 569. The lowest BCUT2D eigenvalue weighted by atomic mass is 10.1. The van der Waals surface area contributed by atoms with E-state index >= 15 is 0 Å². The highest BCUT2D eigenvalue weighted by Crippen LogP contribution is 2.28. The maximum Gasteiger partial charge on any atom is 0.323 e. The summed E-state index contributed by atoms with van der Waals surface area (Å²) in [6.07, 6.45) is 1.67. The van der Waals surface area contributed by atoms with Crippen molar-refractivity contribution in [2.24, 2.45) is 0 Å². The highest BCUT2D eigenvalue weighted by Gasteiger charge is 2.11. The minimum absolute atomic E-state index is 0.0738. The molecule has 0 spiro atoms. The third-order valence-corrected chi connectivity index (χ3v) is 2.57.